The van der Waals surface area contributed by atoms with Crippen molar-refractivity contribution in [3.05, 3.63) is 54.4 Å². The van der Waals surface area contributed by atoms with Gasteiger partial charge in [-0.15, -0.1) is 0 Å². The SMILES string of the molecule is COc1ccc(CSC2CNC(=Nc3ccncc3)NC2)cc1. The lowest BCUT2D eigenvalue weighted by Gasteiger charge is -2.26. The second kappa shape index (κ2) is 7.87. The molecule has 120 valence electrons. The highest BCUT2D eigenvalue weighted by molar-refractivity contribution is 7.99. The third kappa shape index (κ3) is 4.63. The van der Waals surface area contributed by atoms with Gasteiger partial charge < -0.3 is 15.4 Å². The van der Waals surface area contributed by atoms with Crippen molar-refractivity contribution in [1.82, 2.24) is 15.6 Å². The van der Waals surface area contributed by atoms with Crippen LogP contribution in [0.2, 0.25) is 0 Å². The summed E-state index contributed by atoms with van der Waals surface area (Å²) in [5.41, 5.74) is 2.21. The fraction of sp³-hybridized carbons (Fsp3) is 0.294. The van der Waals surface area contributed by atoms with Crippen LogP contribution in [0.25, 0.3) is 0 Å². The molecule has 1 saturated heterocycles. The van der Waals surface area contributed by atoms with Crippen molar-refractivity contribution in [1.29, 1.82) is 0 Å². The Labute approximate surface area is 140 Å². The molecule has 1 aliphatic rings. The highest BCUT2D eigenvalue weighted by Gasteiger charge is 2.16. The lowest BCUT2D eigenvalue weighted by molar-refractivity contribution is 0.414. The van der Waals surface area contributed by atoms with Crippen LogP contribution in [-0.4, -0.2) is 36.4 Å². The van der Waals surface area contributed by atoms with Crippen molar-refractivity contribution in [3.63, 3.8) is 0 Å². The number of benzene rings is 1. The van der Waals surface area contributed by atoms with E-state index in [9.17, 15) is 0 Å². The number of methoxy groups -OCH3 is 1. The molecule has 6 heteroatoms. The summed E-state index contributed by atoms with van der Waals surface area (Å²) in [6.07, 6.45) is 3.49. The zero-order chi connectivity index (χ0) is 15.9. The summed E-state index contributed by atoms with van der Waals surface area (Å²) in [4.78, 5) is 8.51. The van der Waals surface area contributed by atoms with Gasteiger partial charge in [-0.25, -0.2) is 4.99 Å². The average molecular weight is 328 g/mol. The molecule has 1 aliphatic heterocycles. The van der Waals surface area contributed by atoms with E-state index in [0.717, 1.165) is 36.2 Å². The standard InChI is InChI=1S/C17H20N4OS/c1-22-15-4-2-13(3-5-15)12-23-16-10-19-17(20-11-16)21-14-6-8-18-9-7-14/h2-9,16H,10-12H2,1H3,(H2,18,19,20,21). The van der Waals surface area contributed by atoms with Crippen molar-refractivity contribution in [3.8, 4) is 5.75 Å². The third-order valence-electron chi connectivity index (χ3n) is 3.54. The van der Waals surface area contributed by atoms with Gasteiger partial charge in [0.25, 0.3) is 0 Å². The molecule has 1 fully saturated rings. The predicted molar refractivity (Wildman–Crippen MR) is 95.4 cm³/mol. The second-order valence-electron chi connectivity index (χ2n) is 5.21. The minimum absolute atomic E-state index is 0.522. The predicted octanol–water partition coefficient (Wildman–Crippen LogP) is 2.57. The number of thioether (sulfide) groups is 1. The summed E-state index contributed by atoms with van der Waals surface area (Å²) in [7, 11) is 1.69. The Balaban J connectivity index is 1.46. The molecule has 0 bridgehead atoms. The Bertz CT molecular complexity index is 635. The zero-order valence-corrected chi connectivity index (χ0v) is 13.8. The molecule has 2 heterocycles. The molecule has 2 N–H and O–H groups in total. The molecule has 0 saturated carbocycles. The molecule has 0 amide bonds. The van der Waals surface area contributed by atoms with Gasteiger partial charge in [-0.2, -0.15) is 11.8 Å². The van der Waals surface area contributed by atoms with Gasteiger partial charge in [0.05, 0.1) is 12.8 Å². The van der Waals surface area contributed by atoms with E-state index in [1.807, 2.05) is 36.0 Å². The van der Waals surface area contributed by atoms with E-state index in [-0.39, 0.29) is 0 Å². The maximum atomic E-state index is 5.18. The summed E-state index contributed by atoms with van der Waals surface area (Å²) in [5.74, 6) is 2.73. The molecule has 5 nitrogen and oxygen atoms in total. The fourth-order valence-corrected chi connectivity index (χ4v) is 3.26. The lowest BCUT2D eigenvalue weighted by Crippen LogP contribution is -2.50. The third-order valence-corrected chi connectivity index (χ3v) is 4.85. The molecule has 23 heavy (non-hydrogen) atoms. The van der Waals surface area contributed by atoms with Gasteiger partial charge in [-0.1, -0.05) is 12.1 Å². The Kier molecular flexibility index (Phi) is 5.37. The van der Waals surface area contributed by atoms with E-state index in [1.54, 1.807) is 19.5 Å². The number of hydrogen-bond acceptors (Lipinski definition) is 4. The molecular weight excluding hydrogens is 308 g/mol. The van der Waals surface area contributed by atoms with Gasteiger partial charge in [0.1, 0.15) is 5.75 Å². The van der Waals surface area contributed by atoms with Crippen LogP contribution in [0.3, 0.4) is 0 Å². The smallest absolute Gasteiger partial charge is 0.196 e. The maximum absolute atomic E-state index is 5.18. The van der Waals surface area contributed by atoms with Crippen LogP contribution in [0, 0.1) is 0 Å². The van der Waals surface area contributed by atoms with Gasteiger partial charge in [0, 0.05) is 36.5 Å². The van der Waals surface area contributed by atoms with Crippen LogP contribution < -0.4 is 15.4 Å². The quantitative estimate of drug-likeness (QED) is 0.883. The fourth-order valence-electron chi connectivity index (χ4n) is 2.24. The van der Waals surface area contributed by atoms with Crippen LogP contribution in [-0.2, 0) is 5.75 Å². The largest absolute Gasteiger partial charge is 0.497 e. The van der Waals surface area contributed by atoms with E-state index in [4.69, 9.17) is 4.74 Å². The van der Waals surface area contributed by atoms with Crippen molar-refractivity contribution in [2.45, 2.75) is 11.0 Å². The molecule has 0 radical (unpaired) electrons. The van der Waals surface area contributed by atoms with Gasteiger partial charge in [-0.05, 0) is 29.8 Å². The normalized spacial score (nSPS) is 17.1. The van der Waals surface area contributed by atoms with E-state index >= 15 is 0 Å². The summed E-state index contributed by atoms with van der Waals surface area (Å²) < 4.78 is 5.18. The first-order valence-electron chi connectivity index (χ1n) is 7.54. The molecule has 0 aliphatic carbocycles. The lowest BCUT2D eigenvalue weighted by atomic mass is 10.2. The monoisotopic (exact) mass is 328 g/mol. The Hall–Kier alpha value is -2.21. The van der Waals surface area contributed by atoms with Crippen LogP contribution in [0.4, 0.5) is 5.69 Å². The molecular formula is C17H20N4OS. The number of guanidine groups is 1. The molecule has 0 unspecified atom stereocenters. The average Bonchev–Trinajstić information content (AvgIpc) is 2.62. The van der Waals surface area contributed by atoms with Gasteiger partial charge in [-0.3, -0.25) is 4.98 Å². The zero-order valence-electron chi connectivity index (χ0n) is 13.0. The highest BCUT2D eigenvalue weighted by atomic mass is 32.2. The minimum Gasteiger partial charge on any atom is -0.497 e. The second-order valence-corrected chi connectivity index (χ2v) is 6.50. The number of pyridine rings is 1. The van der Waals surface area contributed by atoms with Crippen molar-refractivity contribution >= 4 is 23.4 Å². The number of nitrogens with zero attached hydrogens (tertiary/aromatic N) is 2. The Morgan fingerprint density at radius 1 is 1.13 bits per heavy atom. The first kappa shape index (κ1) is 15.7. The van der Waals surface area contributed by atoms with E-state index in [0.29, 0.717) is 5.25 Å². The van der Waals surface area contributed by atoms with E-state index < -0.39 is 0 Å². The number of ether oxygens (including phenoxy) is 1. The summed E-state index contributed by atoms with van der Waals surface area (Å²) in [6, 6.07) is 12.0. The molecule has 0 atom stereocenters. The minimum atomic E-state index is 0.522. The van der Waals surface area contributed by atoms with Crippen molar-refractivity contribution in [2.75, 3.05) is 20.2 Å². The van der Waals surface area contributed by atoms with Crippen molar-refractivity contribution in [2.24, 2.45) is 4.99 Å². The number of rotatable bonds is 5. The van der Waals surface area contributed by atoms with E-state index in [1.165, 1.54) is 5.56 Å². The Morgan fingerprint density at radius 2 is 1.83 bits per heavy atom. The van der Waals surface area contributed by atoms with Crippen molar-refractivity contribution < 1.29 is 4.74 Å². The van der Waals surface area contributed by atoms with Crippen LogP contribution in [0.1, 0.15) is 5.56 Å². The number of nitrogens with one attached hydrogen (secondary N) is 2. The van der Waals surface area contributed by atoms with Crippen LogP contribution in [0.5, 0.6) is 5.75 Å². The molecule has 1 aromatic heterocycles. The maximum Gasteiger partial charge on any atom is 0.196 e. The van der Waals surface area contributed by atoms with E-state index in [2.05, 4.69) is 32.7 Å². The Morgan fingerprint density at radius 3 is 2.48 bits per heavy atom. The van der Waals surface area contributed by atoms with Gasteiger partial charge >= 0.3 is 0 Å². The van der Waals surface area contributed by atoms with Gasteiger partial charge in [0.2, 0.25) is 0 Å². The highest BCUT2D eigenvalue weighted by Crippen LogP contribution is 2.20. The van der Waals surface area contributed by atoms with Crippen LogP contribution in [0.15, 0.2) is 53.8 Å². The number of aliphatic imine (C=N–C) groups is 1. The summed E-state index contributed by atoms with van der Waals surface area (Å²) in [6.45, 7) is 1.83. The summed E-state index contributed by atoms with van der Waals surface area (Å²) in [5, 5.41) is 7.22. The molecule has 3 rings (SSSR count). The first-order valence-corrected chi connectivity index (χ1v) is 8.59. The van der Waals surface area contributed by atoms with Crippen LogP contribution >= 0.6 is 11.8 Å². The first-order chi connectivity index (χ1) is 11.3. The molecule has 0 spiro atoms. The molecule has 2 aromatic rings. The summed E-state index contributed by atoms with van der Waals surface area (Å²) >= 11 is 1.94. The van der Waals surface area contributed by atoms with Gasteiger partial charge in [0.15, 0.2) is 5.96 Å². The molecule has 1 aromatic carbocycles. The number of aromatic nitrogens is 1. The topological polar surface area (TPSA) is 58.5 Å². The number of hydrogen-bond donors (Lipinski definition) is 2.